The van der Waals surface area contributed by atoms with Crippen molar-refractivity contribution in [2.75, 3.05) is 13.2 Å². The summed E-state index contributed by atoms with van der Waals surface area (Å²) in [5, 5.41) is 2.47. The van der Waals surface area contributed by atoms with Gasteiger partial charge in [-0.1, -0.05) is 42.5 Å². The standard InChI is InChI=1S/C20H21NO2.ClH/c21-13-4-14-22-18-9-11-19(12-10-18)23-15-17-7-3-6-16-5-1-2-8-20(16)17;/h1-3,5-12H,4,13-15,21H2;1H. The van der Waals surface area contributed by atoms with Crippen LogP contribution in [0.2, 0.25) is 0 Å². The summed E-state index contributed by atoms with van der Waals surface area (Å²) in [6, 6.07) is 22.4. The lowest BCUT2D eigenvalue weighted by Crippen LogP contribution is -2.06. The van der Waals surface area contributed by atoms with E-state index < -0.39 is 0 Å². The molecule has 0 aliphatic heterocycles. The van der Waals surface area contributed by atoms with Crippen molar-refractivity contribution in [3.63, 3.8) is 0 Å². The molecule has 0 aliphatic rings. The van der Waals surface area contributed by atoms with Crippen LogP contribution < -0.4 is 15.2 Å². The van der Waals surface area contributed by atoms with Gasteiger partial charge < -0.3 is 15.2 Å². The summed E-state index contributed by atoms with van der Waals surface area (Å²) >= 11 is 0. The van der Waals surface area contributed by atoms with Gasteiger partial charge >= 0.3 is 0 Å². The van der Waals surface area contributed by atoms with Crippen molar-refractivity contribution < 1.29 is 9.47 Å². The Kier molecular flexibility index (Phi) is 6.91. The minimum Gasteiger partial charge on any atom is -0.494 e. The third-order valence-electron chi connectivity index (χ3n) is 3.72. The van der Waals surface area contributed by atoms with Crippen LogP contribution >= 0.6 is 12.4 Å². The highest BCUT2D eigenvalue weighted by Crippen LogP contribution is 2.22. The van der Waals surface area contributed by atoms with Gasteiger partial charge in [0.1, 0.15) is 18.1 Å². The molecule has 0 heterocycles. The number of fused-ring (bicyclic) bond motifs is 1. The first-order valence-electron chi connectivity index (χ1n) is 7.89. The van der Waals surface area contributed by atoms with E-state index in [1.54, 1.807) is 0 Å². The van der Waals surface area contributed by atoms with Crippen LogP contribution in [0, 0.1) is 0 Å². The predicted molar refractivity (Wildman–Crippen MR) is 101 cm³/mol. The van der Waals surface area contributed by atoms with Crippen LogP contribution in [0.4, 0.5) is 0 Å². The molecule has 0 fully saturated rings. The van der Waals surface area contributed by atoms with E-state index in [9.17, 15) is 0 Å². The molecule has 0 saturated carbocycles. The first kappa shape index (κ1) is 18.1. The molecule has 0 atom stereocenters. The molecular weight excluding hydrogens is 322 g/mol. The molecule has 24 heavy (non-hydrogen) atoms. The smallest absolute Gasteiger partial charge is 0.120 e. The topological polar surface area (TPSA) is 44.5 Å². The monoisotopic (exact) mass is 343 g/mol. The van der Waals surface area contributed by atoms with Crippen molar-refractivity contribution >= 4 is 23.2 Å². The molecule has 0 bridgehead atoms. The predicted octanol–water partition coefficient (Wildman–Crippen LogP) is 4.57. The van der Waals surface area contributed by atoms with Crippen LogP contribution in [0.1, 0.15) is 12.0 Å². The average Bonchev–Trinajstić information content (AvgIpc) is 2.61. The van der Waals surface area contributed by atoms with E-state index >= 15 is 0 Å². The minimum atomic E-state index is 0. The summed E-state index contributed by atoms with van der Waals surface area (Å²) in [4.78, 5) is 0. The van der Waals surface area contributed by atoms with Gasteiger partial charge in [0.15, 0.2) is 0 Å². The number of halogens is 1. The van der Waals surface area contributed by atoms with Crippen LogP contribution in [0.5, 0.6) is 11.5 Å². The molecule has 0 aliphatic carbocycles. The third-order valence-corrected chi connectivity index (χ3v) is 3.72. The van der Waals surface area contributed by atoms with Crippen LogP contribution in [-0.4, -0.2) is 13.2 Å². The second kappa shape index (κ2) is 9.16. The maximum absolute atomic E-state index is 5.91. The Morgan fingerprint density at radius 1 is 0.750 bits per heavy atom. The SMILES string of the molecule is Cl.NCCCOc1ccc(OCc2cccc3ccccc23)cc1. The van der Waals surface area contributed by atoms with Gasteiger partial charge in [-0.05, 0) is 53.6 Å². The molecule has 2 N–H and O–H groups in total. The lowest BCUT2D eigenvalue weighted by molar-refractivity contribution is 0.301. The van der Waals surface area contributed by atoms with E-state index in [1.165, 1.54) is 16.3 Å². The summed E-state index contributed by atoms with van der Waals surface area (Å²) in [6.45, 7) is 1.84. The lowest BCUT2D eigenvalue weighted by Gasteiger charge is -2.10. The molecule has 0 saturated heterocycles. The van der Waals surface area contributed by atoms with E-state index in [1.807, 2.05) is 24.3 Å². The van der Waals surface area contributed by atoms with Gasteiger partial charge in [0.05, 0.1) is 6.61 Å². The van der Waals surface area contributed by atoms with Crippen molar-refractivity contribution in [2.24, 2.45) is 5.73 Å². The molecule has 126 valence electrons. The quantitative estimate of drug-likeness (QED) is 0.639. The van der Waals surface area contributed by atoms with Crippen molar-refractivity contribution in [1.29, 1.82) is 0 Å². The normalized spacial score (nSPS) is 10.2. The number of hydrogen-bond acceptors (Lipinski definition) is 3. The van der Waals surface area contributed by atoms with Gasteiger partial charge in [0, 0.05) is 0 Å². The lowest BCUT2D eigenvalue weighted by atomic mass is 10.1. The Morgan fingerprint density at radius 2 is 1.42 bits per heavy atom. The zero-order valence-corrected chi connectivity index (χ0v) is 14.3. The molecule has 4 heteroatoms. The zero-order chi connectivity index (χ0) is 15.9. The molecule has 3 rings (SSSR count). The fraction of sp³-hybridized carbons (Fsp3) is 0.200. The maximum Gasteiger partial charge on any atom is 0.120 e. The maximum atomic E-state index is 5.91. The molecule has 0 unspecified atom stereocenters. The van der Waals surface area contributed by atoms with Crippen molar-refractivity contribution in [2.45, 2.75) is 13.0 Å². The van der Waals surface area contributed by atoms with Gasteiger partial charge in [0.2, 0.25) is 0 Å². The second-order valence-electron chi connectivity index (χ2n) is 5.39. The van der Waals surface area contributed by atoms with Gasteiger partial charge in [0.25, 0.3) is 0 Å². The summed E-state index contributed by atoms with van der Waals surface area (Å²) in [7, 11) is 0. The zero-order valence-electron chi connectivity index (χ0n) is 13.5. The molecule has 3 aromatic carbocycles. The van der Waals surface area contributed by atoms with Crippen LogP contribution in [0.25, 0.3) is 10.8 Å². The fourth-order valence-electron chi connectivity index (χ4n) is 2.48. The molecule has 0 spiro atoms. The fourth-order valence-corrected chi connectivity index (χ4v) is 2.48. The Balaban J connectivity index is 0.00000208. The average molecular weight is 344 g/mol. The highest BCUT2D eigenvalue weighted by molar-refractivity contribution is 5.85. The van der Waals surface area contributed by atoms with E-state index in [0.717, 1.165) is 17.9 Å². The Bertz CT molecular complexity index is 754. The first-order valence-corrected chi connectivity index (χ1v) is 7.89. The number of nitrogens with two attached hydrogens (primary N) is 1. The van der Waals surface area contributed by atoms with Crippen molar-refractivity contribution in [3.05, 3.63) is 72.3 Å². The highest BCUT2D eigenvalue weighted by atomic mass is 35.5. The summed E-state index contributed by atoms with van der Waals surface area (Å²) < 4.78 is 11.5. The largest absolute Gasteiger partial charge is 0.494 e. The van der Waals surface area contributed by atoms with Crippen LogP contribution in [-0.2, 0) is 6.61 Å². The Morgan fingerprint density at radius 3 is 2.17 bits per heavy atom. The van der Waals surface area contributed by atoms with Gasteiger partial charge in [-0.25, -0.2) is 0 Å². The van der Waals surface area contributed by atoms with Gasteiger partial charge in [-0.3, -0.25) is 0 Å². The van der Waals surface area contributed by atoms with Crippen LogP contribution in [0.3, 0.4) is 0 Å². The van der Waals surface area contributed by atoms with Gasteiger partial charge in [-0.15, -0.1) is 12.4 Å². The Hall–Kier alpha value is -2.23. The highest BCUT2D eigenvalue weighted by Gasteiger charge is 2.02. The van der Waals surface area contributed by atoms with Crippen molar-refractivity contribution in [1.82, 2.24) is 0 Å². The minimum absolute atomic E-state index is 0. The Labute approximate surface area is 148 Å². The summed E-state index contributed by atoms with van der Waals surface area (Å²) in [5.74, 6) is 1.68. The molecule has 3 aromatic rings. The van der Waals surface area contributed by atoms with Crippen molar-refractivity contribution in [3.8, 4) is 11.5 Å². The summed E-state index contributed by atoms with van der Waals surface area (Å²) in [6.07, 6.45) is 0.860. The first-order chi connectivity index (χ1) is 11.4. The second-order valence-corrected chi connectivity index (χ2v) is 5.39. The van der Waals surface area contributed by atoms with E-state index in [2.05, 4.69) is 42.5 Å². The molecule has 3 nitrogen and oxygen atoms in total. The number of rotatable bonds is 7. The molecule has 0 radical (unpaired) electrons. The van der Waals surface area contributed by atoms with E-state index in [0.29, 0.717) is 19.8 Å². The molecular formula is C20H22ClNO2. The van der Waals surface area contributed by atoms with Gasteiger partial charge in [-0.2, -0.15) is 0 Å². The third kappa shape index (κ3) is 4.63. The number of benzene rings is 3. The summed E-state index contributed by atoms with van der Waals surface area (Å²) in [5.41, 5.74) is 6.64. The molecule has 0 aromatic heterocycles. The number of hydrogen-bond donors (Lipinski definition) is 1. The van der Waals surface area contributed by atoms with E-state index in [-0.39, 0.29) is 12.4 Å². The molecule has 0 amide bonds. The van der Waals surface area contributed by atoms with E-state index in [4.69, 9.17) is 15.2 Å². The van der Waals surface area contributed by atoms with Crippen LogP contribution in [0.15, 0.2) is 66.7 Å². The number of ether oxygens (including phenoxy) is 2.